The van der Waals surface area contributed by atoms with E-state index >= 15 is 0 Å². The van der Waals surface area contributed by atoms with Gasteiger partial charge >= 0.3 is 8.56 Å². The van der Waals surface area contributed by atoms with E-state index in [2.05, 4.69) is 24.3 Å². The van der Waals surface area contributed by atoms with Crippen molar-refractivity contribution in [3.63, 3.8) is 0 Å². The molecule has 0 radical (unpaired) electrons. The average Bonchev–Trinajstić information content (AvgIpc) is 2.72. The minimum absolute atomic E-state index is 0.463. The molecular weight excluding hydrogens is 340 g/mol. The zero-order chi connectivity index (χ0) is 18.1. The molecule has 26 heavy (non-hydrogen) atoms. The molecule has 3 aromatic rings. The number of rotatable bonds is 9. The van der Waals surface area contributed by atoms with E-state index in [-0.39, 0.29) is 0 Å². The summed E-state index contributed by atoms with van der Waals surface area (Å²) in [5.41, 5.74) is 0. The summed E-state index contributed by atoms with van der Waals surface area (Å²) in [5.74, 6) is 0.846. The van der Waals surface area contributed by atoms with Gasteiger partial charge in [0.1, 0.15) is 12.4 Å². The van der Waals surface area contributed by atoms with Crippen molar-refractivity contribution in [2.45, 2.75) is 6.92 Å². The highest BCUT2D eigenvalue weighted by Crippen LogP contribution is 2.12. The first-order chi connectivity index (χ1) is 12.8. The highest BCUT2D eigenvalue weighted by atomic mass is 28.4. The minimum atomic E-state index is -2.77. The summed E-state index contributed by atoms with van der Waals surface area (Å²) in [6.45, 7) is 3.55. The molecule has 3 nitrogen and oxygen atoms in total. The van der Waals surface area contributed by atoms with Crippen molar-refractivity contribution in [1.82, 2.24) is 0 Å². The summed E-state index contributed by atoms with van der Waals surface area (Å²) >= 11 is 0. The van der Waals surface area contributed by atoms with E-state index in [0.717, 1.165) is 16.1 Å². The van der Waals surface area contributed by atoms with E-state index < -0.39 is 8.56 Å². The van der Waals surface area contributed by atoms with Gasteiger partial charge in [-0.05, 0) is 29.4 Å². The molecule has 0 atom stereocenters. The second-order valence-corrected chi connectivity index (χ2v) is 8.76. The molecular formula is C22H24O3Si. The number of hydrogen-bond acceptors (Lipinski definition) is 3. The number of hydrogen-bond donors (Lipinski definition) is 0. The summed E-state index contributed by atoms with van der Waals surface area (Å²) in [6, 6.07) is 30.3. The Balaban J connectivity index is 1.80. The van der Waals surface area contributed by atoms with Crippen LogP contribution < -0.4 is 15.1 Å². The van der Waals surface area contributed by atoms with Gasteiger partial charge in [-0.25, -0.2) is 0 Å². The lowest BCUT2D eigenvalue weighted by atomic mass is 10.3. The lowest BCUT2D eigenvalue weighted by Crippen LogP contribution is -2.63. The predicted molar refractivity (Wildman–Crippen MR) is 107 cm³/mol. The minimum Gasteiger partial charge on any atom is -0.491 e. The molecule has 0 amide bonds. The molecule has 0 saturated carbocycles. The summed E-state index contributed by atoms with van der Waals surface area (Å²) in [6.07, 6.45) is 0. The maximum absolute atomic E-state index is 6.46. The van der Waals surface area contributed by atoms with Gasteiger partial charge in [-0.3, -0.25) is 0 Å². The second-order valence-electron chi connectivity index (χ2n) is 5.79. The van der Waals surface area contributed by atoms with E-state index in [9.17, 15) is 0 Å². The Hall–Kier alpha value is -2.40. The van der Waals surface area contributed by atoms with Gasteiger partial charge in [0.15, 0.2) is 0 Å². The zero-order valence-electron chi connectivity index (χ0n) is 15.0. The van der Waals surface area contributed by atoms with Crippen LogP contribution in [0.25, 0.3) is 0 Å². The predicted octanol–water partition coefficient (Wildman–Crippen LogP) is 3.38. The molecule has 134 valence electrons. The number of benzene rings is 3. The van der Waals surface area contributed by atoms with Crippen LogP contribution in [0, 0.1) is 0 Å². The Bertz CT molecular complexity index is 724. The largest absolute Gasteiger partial charge is 0.491 e. The normalized spacial score (nSPS) is 11.3. The maximum atomic E-state index is 6.46. The van der Waals surface area contributed by atoms with Crippen molar-refractivity contribution in [2.75, 3.05) is 19.8 Å². The molecule has 3 aromatic carbocycles. The highest BCUT2D eigenvalue weighted by molar-refractivity contribution is 6.92. The highest BCUT2D eigenvalue weighted by Gasteiger charge is 2.42. The first-order valence-corrected chi connectivity index (χ1v) is 10.7. The fourth-order valence-corrected chi connectivity index (χ4v) is 6.04. The maximum Gasteiger partial charge on any atom is 0.407 e. The molecule has 0 heterocycles. The van der Waals surface area contributed by atoms with Gasteiger partial charge in [0, 0.05) is 6.61 Å². The Morgan fingerprint density at radius 2 is 1.12 bits per heavy atom. The van der Waals surface area contributed by atoms with Gasteiger partial charge in [0.25, 0.3) is 0 Å². The van der Waals surface area contributed by atoms with Crippen molar-refractivity contribution in [2.24, 2.45) is 0 Å². The van der Waals surface area contributed by atoms with Gasteiger partial charge in [0.05, 0.1) is 6.61 Å². The van der Waals surface area contributed by atoms with Crippen LogP contribution in [0.4, 0.5) is 0 Å². The molecule has 0 bridgehead atoms. The van der Waals surface area contributed by atoms with Gasteiger partial charge in [0.2, 0.25) is 0 Å². The van der Waals surface area contributed by atoms with Crippen molar-refractivity contribution in [3.05, 3.63) is 91.0 Å². The van der Waals surface area contributed by atoms with Crippen LogP contribution in [-0.4, -0.2) is 28.4 Å². The standard InChI is InChI=1S/C22H24O3Si/c1-2-24-26(21-14-8-4-9-15-21,22-16-10-5-11-17-22)25-19-18-23-20-12-6-3-7-13-20/h3-17H,2,18-19H2,1H3. The molecule has 0 unspecified atom stereocenters. The molecule has 0 aliphatic carbocycles. The summed E-state index contributed by atoms with van der Waals surface area (Å²) in [4.78, 5) is 0. The van der Waals surface area contributed by atoms with Crippen LogP contribution in [0.2, 0.25) is 0 Å². The van der Waals surface area contributed by atoms with Crippen LogP contribution in [-0.2, 0) is 8.85 Å². The van der Waals surface area contributed by atoms with Crippen LogP contribution in [0.1, 0.15) is 6.92 Å². The van der Waals surface area contributed by atoms with Crippen molar-refractivity contribution in [1.29, 1.82) is 0 Å². The molecule has 0 spiro atoms. The fraction of sp³-hybridized carbons (Fsp3) is 0.182. The van der Waals surface area contributed by atoms with Crippen LogP contribution in [0.3, 0.4) is 0 Å². The average molecular weight is 365 g/mol. The first-order valence-electron chi connectivity index (χ1n) is 8.92. The number of ether oxygens (including phenoxy) is 1. The zero-order valence-corrected chi connectivity index (χ0v) is 16.0. The Labute approximate surface area is 156 Å². The Morgan fingerprint density at radius 1 is 0.615 bits per heavy atom. The smallest absolute Gasteiger partial charge is 0.407 e. The lowest BCUT2D eigenvalue weighted by molar-refractivity contribution is 0.162. The van der Waals surface area contributed by atoms with Gasteiger partial charge in [-0.15, -0.1) is 0 Å². The van der Waals surface area contributed by atoms with Crippen LogP contribution in [0.5, 0.6) is 5.75 Å². The molecule has 0 aliphatic heterocycles. The van der Waals surface area contributed by atoms with Crippen molar-refractivity contribution in [3.8, 4) is 5.75 Å². The third-order valence-corrected chi connectivity index (χ3v) is 7.55. The van der Waals surface area contributed by atoms with E-state index in [1.54, 1.807) is 0 Å². The third-order valence-electron chi connectivity index (χ3n) is 4.06. The second kappa shape index (κ2) is 9.34. The quantitative estimate of drug-likeness (QED) is 0.430. The Morgan fingerprint density at radius 3 is 1.62 bits per heavy atom. The molecule has 0 aromatic heterocycles. The molecule has 0 aliphatic rings. The summed E-state index contributed by atoms with van der Waals surface area (Å²) in [7, 11) is -2.77. The summed E-state index contributed by atoms with van der Waals surface area (Å²) < 4.78 is 18.6. The van der Waals surface area contributed by atoms with Crippen molar-refractivity contribution < 1.29 is 13.6 Å². The van der Waals surface area contributed by atoms with E-state index in [4.69, 9.17) is 13.6 Å². The summed E-state index contributed by atoms with van der Waals surface area (Å²) in [5, 5.41) is 2.21. The van der Waals surface area contributed by atoms with E-state index in [1.165, 1.54) is 0 Å². The molecule has 0 saturated heterocycles. The Kier molecular flexibility index (Phi) is 6.60. The lowest BCUT2D eigenvalue weighted by Gasteiger charge is -2.31. The number of para-hydroxylation sites is 1. The molecule has 4 heteroatoms. The van der Waals surface area contributed by atoms with Gasteiger partial charge < -0.3 is 13.6 Å². The topological polar surface area (TPSA) is 27.7 Å². The van der Waals surface area contributed by atoms with Gasteiger partial charge in [-0.2, -0.15) is 0 Å². The first kappa shape index (κ1) is 18.4. The molecule has 3 rings (SSSR count). The van der Waals surface area contributed by atoms with Gasteiger partial charge in [-0.1, -0.05) is 78.9 Å². The van der Waals surface area contributed by atoms with Crippen molar-refractivity contribution >= 4 is 18.9 Å². The third kappa shape index (κ3) is 4.41. The van der Waals surface area contributed by atoms with Crippen LogP contribution >= 0.6 is 0 Å². The van der Waals surface area contributed by atoms with Crippen LogP contribution in [0.15, 0.2) is 91.0 Å². The fourth-order valence-electron chi connectivity index (χ4n) is 2.92. The van der Waals surface area contributed by atoms with E-state index in [1.807, 2.05) is 73.7 Å². The monoisotopic (exact) mass is 364 g/mol. The molecule has 0 N–H and O–H groups in total. The molecule has 0 fully saturated rings. The van der Waals surface area contributed by atoms with E-state index in [0.29, 0.717) is 19.8 Å². The SMILES string of the molecule is CCO[Si](OCCOc1ccccc1)(c1ccccc1)c1ccccc1.